The monoisotopic (exact) mass is 586 g/mol. The number of hydrogen-bond acceptors (Lipinski definition) is 6. The number of carbonyl (C=O) groups excluding carboxylic acids is 2. The first-order valence-electron chi connectivity index (χ1n) is 13.0. The van der Waals surface area contributed by atoms with Crippen molar-refractivity contribution in [3.05, 3.63) is 99.0 Å². The third-order valence-corrected chi connectivity index (χ3v) is 8.14. The zero-order valence-electron chi connectivity index (χ0n) is 22.0. The van der Waals surface area contributed by atoms with Crippen LogP contribution in [-0.4, -0.2) is 52.2 Å². The molecule has 40 heavy (non-hydrogen) atoms. The van der Waals surface area contributed by atoms with Crippen LogP contribution in [0, 0.1) is 11.7 Å². The normalized spacial score (nSPS) is 23.6. The number of amides is 1. The molecule has 3 aromatic rings. The number of methoxy groups -OCH3 is 1. The molecule has 1 unspecified atom stereocenters. The SMILES string of the molecule is COC(=O)c1ccc(C[C@@]2(C)O[C@H](c3cccc(Cl)c3)C(c3ccc(Cl)c(F)c3)N([C@H](CO)C3CC3)C2=O)nc1. The maximum absolute atomic E-state index is 14.8. The second-order valence-electron chi connectivity index (χ2n) is 10.4. The van der Waals surface area contributed by atoms with Crippen molar-refractivity contribution >= 4 is 35.1 Å². The number of carbonyl (C=O) groups is 2. The Morgan fingerprint density at radius 1 is 1.20 bits per heavy atom. The number of hydrogen-bond donors (Lipinski definition) is 1. The van der Waals surface area contributed by atoms with E-state index in [1.807, 2.05) is 6.07 Å². The lowest BCUT2D eigenvalue weighted by molar-refractivity contribution is -0.205. The first kappa shape index (κ1) is 28.5. The maximum Gasteiger partial charge on any atom is 0.339 e. The molecule has 1 aromatic heterocycles. The average molecular weight is 587 g/mol. The van der Waals surface area contributed by atoms with Gasteiger partial charge in [-0.05, 0) is 73.2 Å². The molecule has 1 N–H and O–H groups in total. The molecule has 5 rings (SSSR count). The van der Waals surface area contributed by atoms with E-state index >= 15 is 0 Å². The van der Waals surface area contributed by atoms with E-state index in [4.69, 9.17) is 32.7 Å². The van der Waals surface area contributed by atoms with Crippen LogP contribution in [0.5, 0.6) is 0 Å². The van der Waals surface area contributed by atoms with Gasteiger partial charge in [-0.25, -0.2) is 9.18 Å². The fourth-order valence-corrected chi connectivity index (χ4v) is 5.75. The summed E-state index contributed by atoms with van der Waals surface area (Å²) < 4.78 is 26.2. The molecule has 1 saturated heterocycles. The molecule has 10 heteroatoms. The van der Waals surface area contributed by atoms with E-state index in [1.54, 1.807) is 48.2 Å². The molecule has 1 aliphatic carbocycles. The smallest absolute Gasteiger partial charge is 0.339 e. The largest absolute Gasteiger partial charge is 0.465 e. The summed E-state index contributed by atoms with van der Waals surface area (Å²) in [6, 6.07) is 13.5. The Bertz CT molecular complexity index is 1420. The van der Waals surface area contributed by atoms with Crippen LogP contribution >= 0.6 is 23.2 Å². The summed E-state index contributed by atoms with van der Waals surface area (Å²) in [5, 5.41) is 11.0. The number of morpholine rings is 1. The molecule has 1 saturated carbocycles. The third-order valence-electron chi connectivity index (χ3n) is 7.60. The summed E-state index contributed by atoms with van der Waals surface area (Å²) in [5.74, 6) is -1.38. The highest BCUT2D eigenvalue weighted by Crippen LogP contribution is 2.50. The topological polar surface area (TPSA) is 89.0 Å². The minimum atomic E-state index is -1.41. The number of aliphatic hydroxyl groups is 1. The predicted octanol–water partition coefficient (Wildman–Crippen LogP) is 5.73. The Morgan fingerprint density at radius 3 is 2.58 bits per heavy atom. The van der Waals surface area contributed by atoms with E-state index < -0.39 is 35.6 Å². The van der Waals surface area contributed by atoms with Crippen molar-refractivity contribution in [2.24, 2.45) is 5.92 Å². The number of halogens is 3. The Labute approximate surface area is 241 Å². The number of nitrogens with zero attached hydrogens (tertiary/aromatic N) is 2. The Kier molecular flexibility index (Phi) is 8.15. The molecule has 0 radical (unpaired) electrons. The summed E-state index contributed by atoms with van der Waals surface area (Å²) >= 11 is 12.4. The van der Waals surface area contributed by atoms with E-state index in [1.165, 1.54) is 25.4 Å². The zero-order chi connectivity index (χ0) is 28.6. The van der Waals surface area contributed by atoms with E-state index in [-0.39, 0.29) is 35.4 Å². The molecule has 0 bridgehead atoms. The van der Waals surface area contributed by atoms with Gasteiger partial charge in [0.2, 0.25) is 0 Å². The van der Waals surface area contributed by atoms with Gasteiger partial charge in [-0.3, -0.25) is 9.78 Å². The summed E-state index contributed by atoms with van der Waals surface area (Å²) in [6.07, 6.45) is 2.46. The Morgan fingerprint density at radius 2 is 1.98 bits per heavy atom. The fraction of sp³-hybridized carbons (Fsp3) is 0.367. The average Bonchev–Trinajstić information content (AvgIpc) is 3.78. The molecule has 4 atom stereocenters. The summed E-state index contributed by atoms with van der Waals surface area (Å²) in [7, 11) is 1.29. The minimum absolute atomic E-state index is 0.0372. The second kappa shape index (κ2) is 11.4. The van der Waals surface area contributed by atoms with Gasteiger partial charge in [0.25, 0.3) is 5.91 Å². The quantitative estimate of drug-likeness (QED) is 0.339. The number of aromatic nitrogens is 1. The van der Waals surface area contributed by atoms with Gasteiger partial charge < -0.3 is 19.5 Å². The molecule has 0 spiro atoms. The van der Waals surface area contributed by atoms with Crippen molar-refractivity contribution in [3.63, 3.8) is 0 Å². The van der Waals surface area contributed by atoms with Crippen molar-refractivity contribution in [2.75, 3.05) is 13.7 Å². The number of rotatable bonds is 8. The predicted molar refractivity (Wildman–Crippen MR) is 148 cm³/mol. The standard InChI is InChI=1S/C30H29Cl2FN2O5/c1-30(14-22-10-8-20(15-34-22)28(37)39-2)29(38)35(25(16-36)17-6-7-17)26(18-9-11-23(32)24(33)13-18)27(40-30)19-4-3-5-21(31)12-19/h3-5,8-13,15,17,25-27,36H,6-7,14,16H2,1-2H3/t25-,26?,27-,30-/m1/s1. The van der Waals surface area contributed by atoms with Gasteiger partial charge >= 0.3 is 5.97 Å². The molecule has 7 nitrogen and oxygen atoms in total. The van der Waals surface area contributed by atoms with Crippen LogP contribution in [0.15, 0.2) is 60.8 Å². The molecule has 1 aliphatic heterocycles. The minimum Gasteiger partial charge on any atom is -0.465 e. The third kappa shape index (κ3) is 5.59. The first-order chi connectivity index (χ1) is 19.1. The van der Waals surface area contributed by atoms with E-state index in [0.29, 0.717) is 21.8 Å². The molecule has 1 amide bonds. The number of aliphatic hydroxyl groups excluding tert-OH is 1. The van der Waals surface area contributed by atoms with E-state index in [9.17, 15) is 19.1 Å². The molecule has 210 valence electrons. The summed E-state index contributed by atoms with van der Waals surface area (Å²) in [5.41, 5.74) is 0.581. The molecule has 2 heterocycles. The van der Waals surface area contributed by atoms with Crippen molar-refractivity contribution in [3.8, 4) is 0 Å². The van der Waals surface area contributed by atoms with Gasteiger partial charge in [0.15, 0.2) is 5.60 Å². The Balaban J connectivity index is 1.62. The van der Waals surface area contributed by atoms with Crippen molar-refractivity contribution in [1.82, 2.24) is 9.88 Å². The van der Waals surface area contributed by atoms with Gasteiger partial charge in [-0.1, -0.05) is 41.4 Å². The van der Waals surface area contributed by atoms with Crippen LogP contribution in [0.2, 0.25) is 10.0 Å². The highest BCUT2D eigenvalue weighted by Gasteiger charge is 2.55. The lowest BCUT2D eigenvalue weighted by atomic mass is 9.85. The van der Waals surface area contributed by atoms with Gasteiger partial charge in [0, 0.05) is 23.3 Å². The molecule has 2 aromatic carbocycles. The lowest BCUT2D eigenvalue weighted by Gasteiger charge is -2.51. The summed E-state index contributed by atoms with van der Waals surface area (Å²) in [6.45, 7) is 1.43. The van der Waals surface area contributed by atoms with Crippen molar-refractivity contribution in [2.45, 2.75) is 50.0 Å². The van der Waals surface area contributed by atoms with Gasteiger partial charge in [-0.15, -0.1) is 0 Å². The Hall–Kier alpha value is -3.04. The van der Waals surface area contributed by atoms with Crippen LogP contribution in [-0.2, 0) is 20.7 Å². The second-order valence-corrected chi connectivity index (χ2v) is 11.3. The van der Waals surface area contributed by atoms with E-state index in [2.05, 4.69) is 4.98 Å². The first-order valence-corrected chi connectivity index (χ1v) is 13.8. The van der Waals surface area contributed by atoms with Crippen LogP contribution in [0.1, 0.15) is 59.1 Å². The zero-order valence-corrected chi connectivity index (χ0v) is 23.5. The van der Waals surface area contributed by atoms with Crippen molar-refractivity contribution < 1.29 is 28.6 Å². The highest BCUT2D eigenvalue weighted by atomic mass is 35.5. The van der Waals surface area contributed by atoms with Crippen LogP contribution in [0.3, 0.4) is 0 Å². The lowest BCUT2D eigenvalue weighted by Crippen LogP contribution is -2.62. The van der Waals surface area contributed by atoms with Gasteiger partial charge in [0.05, 0.1) is 36.4 Å². The molecule has 2 fully saturated rings. The number of esters is 1. The summed E-state index contributed by atoms with van der Waals surface area (Å²) in [4.78, 5) is 32.4. The molecule has 2 aliphatic rings. The molecular weight excluding hydrogens is 558 g/mol. The number of benzene rings is 2. The number of ether oxygens (including phenoxy) is 2. The highest BCUT2D eigenvalue weighted by molar-refractivity contribution is 6.31. The van der Waals surface area contributed by atoms with Gasteiger partial charge in [-0.2, -0.15) is 0 Å². The van der Waals surface area contributed by atoms with Crippen LogP contribution in [0.4, 0.5) is 4.39 Å². The number of pyridine rings is 1. The maximum atomic E-state index is 14.8. The van der Waals surface area contributed by atoms with E-state index in [0.717, 1.165) is 12.8 Å². The molecular formula is C30H29Cl2FN2O5. The van der Waals surface area contributed by atoms with Gasteiger partial charge in [0.1, 0.15) is 11.9 Å². The fourth-order valence-electron chi connectivity index (χ4n) is 5.44. The van der Waals surface area contributed by atoms with Crippen molar-refractivity contribution in [1.29, 1.82) is 0 Å². The van der Waals surface area contributed by atoms with Crippen LogP contribution in [0.25, 0.3) is 0 Å². The van der Waals surface area contributed by atoms with Crippen LogP contribution < -0.4 is 0 Å².